The van der Waals surface area contributed by atoms with Gasteiger partial charge in [-0.25, -0.2) is 4.98 Å². The highest BCUT2D eigenvalue weighted by atomic mass is 19.4. The third-order valence-corrected chi connectivity index (χ3v) is 5.40. The van der Waals surface area contributed by atoms with E-state index in [9.17, 15) is 18.0 Å². The Hall–Kier alpha value is -2.84. The van der Waals surface area contributed by atoms with Crippen molar-refractivity contribution in [3.8, 4) is 0 Å². The Morgan fingerprint density at radius 1 is 1.38 bits per heavy atom. The van der Waals surface area contributed by atoms with E-state index < -0.39 is 11.9 Å². The zero-order chi connectivity index (χ0) is 20.8. The van der Waals surface area contributed by atoms with Gasteiger partial charge in [-0.2, -0.15) is 13.2 Å². The van der Waals surface area contributed by atoms with Gasteiger partial charge in [-0.15, -0.1) is 0 Å². The summed E-state index contributed by atoms with van der Waals surface area (Å²) in [5, 5.41) is 3.91. The Bertz CT molecular complexity index is 1050. The Kier molecular flexibility index (Phi) is 4.84. The number of hydrogen-bond donors (Lipinski definition) is 1. The molecule has 1 aliphatic rings. The average molecular weight is 406 g/mol. The van der Waals surface area contributed by atoms with E-state index in [1.54, 1.807) is 17.9 Å². The fourth-order valence-electron chi connectivity index (χ4n) is 3.91. The number of halogens is 3. The van der Waals surface area contributed by atoms with Crippen LogP contribution in [0.25, 0.3) is 11.0 Å². The Morgan fingerprint density at radius 3 is 2.90 bits per heavy atom. The van der Waals surface area contributed by atoms with Crippen LogP contribution < -0.4 is 0 Å². The van der Waals surface area contributed by atoms with Crippen molar-refractivity contribution in [1.29, 1.82) is 0 Å². The van der Waals surface area contributed by atoms with Crippen LogP contribution in [0.4, 0.5) is 13.2 Å². The molecule has 0 bridgehead atoms. The van der Waals surface area contributed by atoms with Crippen LogP contribution in [0.5, 0.6) is 0 Å². The summed E-state index contributed by atoms with van der Waals surface area (Å²) < 4.78 is 44.0. The lowest BCUT2D eigenvalue weighted by Gasteiger charge is -2.32. The first-order valence-electron chi connectivity index (χ1n) is 9.59. The van der Waals surface area contributed by atoms with Gasteiger partial charge in [0.05, 0.1) is 16.7 Å². The van der Waals surface area contributed by atoms with Gasteiger partial charge in [-0.1, -0.05) is 12.1 Å². The van der Waals surface area contributed by atoms with E-state index in [0.29, 0.717) is 42.0 Å². The van der Waals surface area contributed by atoms with Crippen LogP contribution in [0.2, 0.25) is 0 Å². The van der Waals surface area contributed by atoms with Crippen LogP contribution in [0.15, 0.2) is 22.7 Å². The second kappa shape index (κ2) is 7.20. The summed E-state index contributed by atoms with van der Waals surface area (Å²) in [5.41, 5.74) is 1.80. The standard InChI is InChI=1S/C20H21F3N4O2/c1-3-16-18(11(2)26-29-16)19(28)27-8-4-5-12(10-27)14-9-15-13(24-14)6-7-17(25-15)20(21,22)23/h6-7,9,12,24H,3-5,8,10H2,1-2H3/t12-/m1/s1. The maximum atomic E-state index is 13.0. The summed E-state index contributed by atoms with van der Waals surface area (Å²) in [5.74, 6) is 0.462. The Balaban J connectivity index is 1.58. The third kappa shape index (κ3) is 3.61. The molecule has 0 radical (unpaired) electrons. The quantitative estimate of drug-likeness (QED) is 0.697. The minimum absolute atomic E-state index is 0.00137. The molecule has 1 amide bonds. The van der Waals surface area contributed by atoms with E-state index in [1.165, 1.54) is 6.07 Å². The average Bonchev–Trinajstić information content (AvgIpc) is 3.29. The largest absolute Gasteiger partial charge is 0.433 e. The molecular formula is C20H21F3N4O2. The number of carbonyl (C=O) groups is 1. The molecule has 4 heterocycles. The van der Waals surface area contributed by atoms with Gasteiger partial charge >= 0.3 is 6.18 Å². The van der Waals surface area contributed by atoms with E-state index in [-0.39, 0.29) is 17.3 Å². The smallest absolute Gasteiger partial charge is 0.360 e. The van der Waals surface area contributed by atoms with Crippen molar-refractivity contribution in [2.24, 2.45) is 0 Å². The maximum absolute atomic E-state index is 13.0. The molecule has 6 nitrogen and oxygen atoms in total. The van der Waals surface area contributed by atoms with E-state index in [2.05, 4.69) is 15.1 Å². The fraction of sp³-hybridized carbons (Fsp3) is 0.450. The molecule has 9 heteroatoms. The van der Waals surface area contributed by atoms with Crippen molar-refractivity contribution in [3.63, 3.8) is 0 Å². The maximum Gasteiger partial charge on any atom is 0.433 e. The van der Waals surface area contributed by atoms with Crippen LogP contribution >= 0.6 is 0 Å². The topological polar surface area (TPSA) is 75.0 Å². The molecule has 3 aromatic rings. The van der Waals surface area contributed by atoms with Crippen molar-refractivity contribution in [3.05, 3.63) is 46.6 Å². The van der Waals surface area contributed by atoms with Crippen molar-refractivity contribution in [2.45, 2.75) is 45.2 Å². The molecule has 1 fully saturated rings. The molecule has 0 aromatic carbocycles. The van der Waals surface area contributed by atoms with Gasteiger partial charge in [-0.3, -0.25) is 4.79 Å². The van der Waals surface area contributed by atoms with Gasteiger partial charge in [0.15, 0.2) is 0 Å². The molecule has 0 aliphatic carbocycles. The molecule has 154 valence electrons. The normalized spacial score (nSPS) is 17.8. The van der Waals surface area contributed by atoms with E-state index in [4.69, 9.17) is 4.52 Å². The van der Waals surface area contributed by atoms with Crippen molar-refractivity contribution < 1.29 is 22.5 Å². The first kappa shape index (κ1) is 19.5. The van der Waals surface area contributed by atoms with E-state index in [0.717, 1.165) is 24.6 Å². The summed E-state index contributed by atoms with van der Waals surface area (Å²) in [4.78, 5) is 21.7. The molecule has 1 saturated heterocycles. The van der Waals surface area contributed by atoms with Crippen molar-refractivity contribution in [2.75, 3.05) is 13.1 Å². The highest BCUT2D eigenvalue weighted by molar-refractivity contribution is 5.96. The van der Waals surface area contributed by atoms with Gasteiger partial charge in [0.1, 0.15) is 17.0 Å². The molecule has 1 aliphatic heterocycles. The lowest BCUT2D eigenvalue weighted by atomic mass is 9.94. The van der Waals surface area contributed by atoms with Gasteiger partial charge < -0.3 is 14.4 Å². The fourth-order valence-corrected chi connectivity index (χ4v) is 3.91. The van der Waals surface area contributed by atoms with Gasteiger partial charge in [0.25, 0.3) is 5.91 Å². The van der Waals surface area contributed by atoms with Gasteiger partial charge in [0, 0.05) is 31.1 Å². The molecule has 29 heavy (non-hydrogen) atoms. The Labute approximate surface area is 165 Å². The predicted octanol–water partition coefficient (Wildman–Crippen LogP) is 4.46. The monoisotopic (exact) mass is 406 g/mol. The third-order valence-electron chi connectivity index (χ3n) is 5.40. The number of aryl methyl sites for hydroxylation is 2. The predicted molar refractivity (Wildman–Crippen MR) is 99.6 cm³/mol. The summed E-state index contributed by atoms with van der Waals surface area (Å²) in [6, 6.07) is 4.03. The molecular weight excluding hydrogens is 385 g/mol. The zero-order valence-electron chi connectivity index (χ0n) is 16.1. The molecule has 0 saturated carbocycles. The van der Waals surface area contributed by atoms with E-state index >= 15 is 0 Å². The summed E-state index contributed by atoms with van der Waals surface area (Å²) >= 11 is 0. The molecule has 3 aromatic heterocycles. The number of fused-ring (bicyclic) bond motifs is 1. The van der Waals surface area contributed by atoms with Crippen LogP contribution in [-0.4, -0.2) is 39.0 Å². The lowest BCUT2D eigenvalue weighted by Crippen LogP contribution is -2.39. The second-order valence-corrected chi connectivity index (χ2v) is 7.36. The highest BCUT2D eigenvalue weighted by Crippen LogP contribution is 2.32. The minimum atomic E-state index is -4.48. The number of aromatic nitrogens is 3. The first-order chi connectivity index (χ1) is 13.8. The number of hydrogen-bond acceptors (Lipinski definition) is 4. The number of amides is 1. The number of piperidine rings is 1. The minimum Gasteiger partial charge on any atom is -0.360 e. The summed E-state index contributed by atoms with van der Waals surface area (Å²) in [6.07, 6.45) is -2.26. The van der Waals surface area contributed by atoms with Crippen LogP contribution in [0.1, 0.15) is 58.9 Å². The highest BCUT2D eigenvalue weighted by Gasteiger charge is 2.33. The number of alkyl halides is 3. The molecule has 1 N–H and O–H groups in total. The molecule has 0 unspecified atom stereocenters. The molecule has 4 rings (SSSR count). The van der Waals surface area contributed by atoms with Crippen molar-refractivity contribution >= 4 is 16.9 Å². The number of nitrogens with one attached hydrogen (secondary N) is 1. The number of nitrogens with zero attached hydrogens (tertiary/aromatic N) is 3. The molecule has 1 atom stereocenters. The van der Waals surface area contributed by atoms with Crippen LogP contribution in [0.3, 0.4) is 0 Å². The first-order valence-corrected chi connectivity index (χ1v) is 9.59. The zero-order valence-corrected chi connectivity index (χ0v) is 16.1. The number of likely N-dealkylation sites (tertiary alicyclic amines) is 1. The second-order valence-electron chi connectivity index (χ2n) is 7.36. The number of rotatable bonds is 3. The number of H-pyrrole nitrogens is 1. The van der Waals surface area contributed by atoms with Gasteiger partial charge in [-0.05, 0) is 38.0 Å². The number of pyridine rings is 1. The van der Waals surface area contributed by atoms with Gasteiger partial charge in [0.2, 0.25) is 0 Å². The lowest BCUT2D eigenvalue weighted by molar-refractivity contribution is -0.140. The molecule has 0 spiro atoms. The number of aromatic amines is 1. The SMILES string of the molecule is CCc1onc(C)c1C(=O)N1CCC[C@@H](c2cc3nc(C(F)(F)F)ccc3[nH]2)C1. The summed E-state index contributed by atoms with van der Waals surface area (Å²) in [7, 11) is 0. The number of carbonyl (C=O) groups excluding carboxylic acids is 1. The Morgan fingerprint density at radius 2 is 2.17 bits per heavy atom. The van der Waals surface area contributed by atoms with E-state index in [1.807, 2.05) is 6.92 Å². The van der Waals surface area contributed by atoms with Crippen molar-refractivity contribution in [1.82, 2.24) is 20.0 Å². The summed E-state index contributed by atoms with van der Waals surface area (Å²) in [6.45, 7) is 4.76. The van der Waals surface area contributed by atoms with Crippen LogP contribution in [0, 0.1) is 6.92 Å². The van der Waals surface area contributed by atoms with Crippen LogP contribution in [-0.2, 0) is 12.6 Å².